The van der Waals surface area contributed by atoms with Crippen LogP contribution in [0.3, 0.4) is 0 Å². The molecule has 0 aliphatic heterocycles. The van der Waals surface area contributed by atoms with Crippen LogP contribution < -0.4 is 3.69 Å². The highest BCUT2D eigenvalue weighted by molar-refractivity contribution is 7.01. The second-order valence-electron chi connectivity index (χ2n) is 2.39. The van der Waals surface area contributed by atoms with Crippen LogP contribution in [0.5, 0.6) is 0 Å². The molecule has 4 heteroatoms. The average Bonchev–Trinajstić information content (AvgIpc) is 2.07. The minimum absolute atomic E-state index is 0.591. The Labute approximate surface area is 79.9 Å². The summed E-state index contributed by atoms with van der Waals surface area (Å²) < 4.78 is 1.12. The number of hydrogen-bond donors (Lipinski definition) is 0. The minimum Gasteiger partial charge on any atom is -0.335 e. The summed E-state index contributed by atoms with van der Waals surface area (Å²) in [4.78, 5) is 8.36. The molecule has 56 valence electrons. The fourth-order valence-corrected chi connectivity index (χ4v) is 1.54. The number of rotatable bonds is 3. The molecule has 0 bridgehead atoms. The Morgan fingerprint density at radius 1 is 1.45 bits per heavy atom. The van der Waals surface area contributed by atoms with Gasteiger partial charge in [0.1, 0.15) is 5.82 Å². The van der Waals surface area contributed by atoms with E-state index in [9.17, 15) is 0 Å². The Morgan fingerprint density at radius 3 is 2.55 bits per heavy atom. The Hall–Kier alpha value is 0.136. The molecule has 0 amide bonds. The lowest BCUT2D eigenvalue weighted by Gasteiger charge is -1.96. The Balaban J connectivity index is 2.66. The molecule has 0 aliphatic rings. The number of nitrogens with zero attached hydrogens (tertiary/aromatic N) is 2. The van der Waals surface area contributed by atoms with Crippen LogP contribution in [0.15, 0.2) is 12.4 Å². The van der Waals surface area contributed by atoms with Gasteiger partial charge in [0.25, 0.3) is 0 Å². The van der Waals surface area contributed by atoms with Gasteiger partial charge in [0.15, 0.2) is 0 Å². The normalized spacial score (nSPS) is 9.27. The summed E-state index contributed by atoms with van der Waals surface area (Å²) in [7, 11) is 5.72. The van der Waals surface area contributed by atoms with Crippen LogP contribution in [0.25, 0.3) is 0 Å². The SMILES string of the molecule is CCCc1nc[c]([Mg][Cl])cn1. The van der Waals surface area contributed by atoms with Crippen LogP contribution in [0.2, 0.25) is 0 Å². The predicted octanol–water partition coefficient (Wildman–Crippen LogP) is 0.912. The second-order valence-corrected chi connectivity index (χ2v) is 4.28. The number of hydrogen-bond acceptors (Lipinski definition) is 2. The second kappa shape index (κ2) is 4.90. The quantitative estimate of drug-likeness (QED) is 0.647. The maximum Gasteiger partial charge on any atom is 0.542 e. The van der Waals surface area contributed by atoms with Crippen molar-refractivity contribution in [1.82, 2.24) is 9.97 Å². The summed E-state index contributed by atoms with van der Waals surface area (Å²) in [6.45, 7) is 2.12. The minimum atomic E-state index is -0.591. The van der Waals surface area contributed by atoms with Crippen molar-refractivity contribution < 1.29 is 0 Å². The molecule has 1 aromatic rings. The molecular weight excluding hydrogens is 172 g/mol. The number of halogens is 1. The van der Waals surface area contributed by atoms with Gasteiger partial charge in [0, 0.05) is 18.8 Å². The van der Waals surface area contributed by atoms with E-state index < -0.39 is 19.3 Å². The van der Waals surface area contributed by atoms with Crippen LogP contribution in [0.4, 0.5) is 0 Å². The Morgan fingerprint density at radius 2 is 2.09 bits per heavy atom. The maximum atomic E-state index is 5.72. The highest BCUT2D eigenvalue weighted by Crippen LogP contribution is 1.91. The first kappa shape index (κ1) is 9.23. The van der Waals surface area contributed by atoms with E-state index in [-0.39, 0.29) is 0 Å². The van der Waals surface area contributed by atoms with Gasteiger partial charge in [-0.1, -0.05) is 6.92 Å². The molecule has 11 heavy (non-hydrogen) atoms. The average molecular weight is 181 g/mol. The van der Waals surface area contributed by atoms with Crippen LogP contribution in [0.1, 0.15) is 19.2 Å². The van der Waals surface area contributed by atoms with Crippen molar-refractivity contribution in [3.63, 3.8) is 0 Å². The zero-order valence-corrected chi connectivity index (χ0v) is 8.72. The lowest BCUT2D eigenvalue weighted by molar-refractivity contribution is 0.837. The fourth-order valence-electron chi connectivity index (χ4n) is 0.803. The summed E-state index contributed by atoms with van der Waals surface area (Å²) in [5, 5.41) is 0. The molecule has 1 rings (SSSR count). The summed E-state index contributed by atoms with van der Waals surface area (Å²) in [5.41, 5.74) is 0. The van der Waals surface area contributed by atoms with Crippen LogP contribution in [-0.4, -0.2) is 29.2 Å². The third-order valence-electron chi connectivity index (χ3n) is 1.39. The van der Waals surface area contributed by atoms with E-state index in [0.717, 1.165) is 22.4 Å². The molecule has 0 spiro atoms. The van der Waals surface area contributed by atoms with Crippen molar-refractivity contribution in [3.8, 4) is 0 Å². The molecule has 1 aromatic heterocycles. The Bertz CT molecular complexity index is 212. The van der Waals surface area contributed by atoms with Gasteiger partial charge in [-0.05, 0) is 6.42 Å². The van der Waals surface area contributed by atoms with Crippen LogP contribution in [0, 0.1) is 0 Å². The summed E-state index contributed by atoms with van der Waals surface area (Å²) in [6, 6.07) is 0. The van der Waals surface area contributed by atoms with E-state index in [1.54, 1.807) is 0 Å². The van der Waals surface area contributed by atoms with Crippen molar-refractivity contribution in [1.29, 1.82) is 0 Å². The molecule has 0 atom stereocenters. The van der Waals surface area contributed by atoms with Gasteiger partial charge in [0.2, 0.25) is 0 Å². The summed E-state index contributed by atoms with van der Waals surface area (Å²) in [5.74, 6) is 0.926. The molecule has 0 aliphatic carbocycles. The lowest BCUT2D eigenvalue weighted by atomic mass is 10.3. The monoisotopic (exact) mass is 180 g/mol. The van der Waals surface area contributed by atoms with Gasteiger partial charge in [-0.25, -0.2) is 9.97 Å². The molecule has 0 unspecified atom stereocenters. The predicted molar refractivity (Wildman–Crippen MR) is 47.3 cm³/mol. The standard InChI is InChI=1S/C7H9N2.ClH.Mg/c1-2-4-7-8-5-3-6-9-7;;/h5-6H,2,4H2,1H3;1H;/q;;+1/p-1. The van der Waals surface area contributed by atoms with E-state index in [4.69, 9.17) is 9.07 Å². The van der Waals surface area contributed by atoms with E-state index >= 15 is 0 Å². The Kier molecular flexibility index (Phi) is 4.11. The summed E-state index contributed by atoms with van der Waals surface area (Å²) in [6.07, 6.45) is 5.75. The van der Waals surface area contributed by atoms with E-state index in [0.29, 0.717) is 0 Å². The zero-order chi connectivity index (χ0) is 8.10. The molecule has 0 N–H and O–H groups in total. The largest absolute Gasteiger partial charge is 0.542 e. The number of aryl methyl sites for hydroxylation is 1. The van der Waals surface area contributed by atoms with Gasteiger partial charge in [-0.2, -0.15) is 0 Å². The van der Waals surface area contributed by atoms with Gasteiger partial charge >= 0.3 is 19.3 Å². The molecule has 0 aromatic carbocycles. The third-order valence-corrected chi connectivity index (χ3v) is 2.99. The molecule has 2 nitrogen and oxygen atoms in total. The van der Waals surface area contributed by atoms with Gasteiger partial charge in [0.05, 0.1) is 0 Å². The van der Waals surface area contributed by atoms with Crippen molar-refractivity contribution in [3.05, 3.63) is 18.2 Å². The highest BCUT2D eigenvalue weighted by atomic mass is 35.5. The van der Waals surface area contributed by atoms with Crippen molar-refractivity contribution in [2.45, 2.75) is 19.8 Å². The molecular formula is C7H9ClMgN2. The topological polar surface area (TPSA) is 25.8 Å². The molecule has 0 radical (unpaired) electrons. The molecule has 0 fully saturated rings. The third kappa shape index (κ3) is 2.93. The highest BCUT2D eigenvalue weighted by Gasteiger charge is 1.97. The van der Waals surface area contributed by atoms with Crippen molar-refractivity contribution in [2.75, 3.05) is 0 Å². The van der Waals surface area contributed by atoms with E-state index in [1.807, 2.05) is 12.4 Å². The van der Waals surface area contributed by atoms with Gasteiger partial charge in [-0.15, -0.1) is 3.69 Å². The molecule has 1 heterocycles. The fraction of sp³-hybridized carbons (Fsp3) is 0.429. The van der Waals surface area contributed by atoms with Crippen molar-refractivity contribution >= 4 is 32.0 Å². The number of aromatic nitrogens is 2. The molecule has 0 saturated carbocycles. The van der Waals surface area contributed by atoms with Crippen molar-refractivity contribution in [2.24, 2.45) is 0 Å². The van der Waals surface area contributed by atoms with Crippen LogP contribution in [-0.2, 0) is 6.42 Å². The van der Waals surface area contributed by atoms with E-state index in [1.165, 1.54) is 0 Å². The summed E-state index contributed by atoms with van der Waals surface area (Å²) >= 11 is -0.591. The van der Waals surface area contributed by atoms with Gasteiger partial charge in [-0.3, -0.25) is 0 Å². The smallest absolute Gasteiger partial charge is 0.335 e. The van der Waals surface area contributed by atoms with E-state index in [2.05, 4.69) is 16.9 Å². The maximum absolute atomic E-state index is 5.72. The van der Waals surface area contributed by atoms with Gasteiger partial charge < -0.3 is 9.07 Å². The first-order chi connectivity index (χ1) is 5.36. The first-order valence-corrected chi connectivity index (χ1v) is 6.57. The first-order valence-electron chi connectivity index (χ1n) is 3.72. The zero-order valence-electron chi connectivity index (χ0n) is 6.55. The molecule has 0 saturated heterocycles. The van der Waals surface area contributed by atoms with Crippen LogP contribution >= 0.6 is 9.07 Å². The lowest BCUT2D eigenvalue weighted by Crippen LogP contribution is -2.11.